The predicted octanol–water partition coefficient (Wildman–Crippen LogP) is 3.41. The number of amides is 1. The van der Waals surface area contributed by atoms with Crippen LogP contribution in [0.3, 0.4) is 0 Å². The highest BCUT2D eigenvalue weighted by molar-refractivity contribution is 14.0. The topological polar surface area (TPSA) is 66.0 Å². The Morgan fingerprint density at radius 2 is 1.96 bits per heavy atom. The predicted molar refractivity (Wildman–Crippen MR) is 126 cm³/mol. The third kappa shape index (κ3) is 7.95. The van der Waals surface area contributed by atoms with Crippen LogP contribution in [0.1, 0.15) is 56.0 Å². The summed E-state index contributed by atoms with van der Waals surface area (Å²) in [5.74, 6) is 0.917. The Kier molecular flexibility index (Phi) is 12.1. The molecule has 2 rings (SSSR count). The molecule has 28 heavy (non-hydrogen) atoms. The van der Waals surface area contributed by atoms with E-state index in [2.05, 4.69) is 29.4 Å². The molecule has 1 amide bonds. The molecule has 1 fully saturated rings. The van der Waals surface area contributed by atoms with Gasteiger partial charge in [0.25, 0.3) is 5.91 Å². The van der Waals surface area contributed by atoms with Crippen LogP contribution in [0.15, 0.2) is 29.3 Å². The summed E-state index contributed by atoms with van der Waals surface area (Å²) in [6, 6.07) is 7.72. The number of likely N-dealkylation sites (tertiary alicyclic amines) is 1. The van der Waals surface area contributed by atoms with E-state index in [0.717, 1.165) is 57.0 Å². The lowest BCUT2D eigenvalue weighted by Gasteiger charge is -2.34. The third-order valence-electron chi connectivity index (χ3n) is 4.61. The third-order valence-corrected chi connectivity index (χ3v) is 4.61. The van der Waals surface area contributed by atoms with Crippen molar-refractivity contribution in [1.82, 2.24) is 15.5 Å². The highest BCUT2D eigenvalue weighted by atomic mass is 127. The maximum Gasteiger partial charge on any atom is 0.251 e. The second-order valence-electron chi connectivity index (χ2n) is 6.77. The van der Waals surface area contributed by atoms with E-state index in [1.807, 2.05) is 31.2 Å². The van der Waals surface area contributed by atoms with Crippen molar-refractivity contribution in [2.45, 2.75) is 52.7 Å². The second kappa shape index (κ2) is 13.8. The molecule has 158 valence electrons. The molecule has 0 spiro atoms. The molecule has 1 aliphatic heterocycles. The molecule has 6 nitrogen and oxygen atoms in total. The minimum absolute atomic E-state index is 0. The van der Waals surface area contributed by atoms with Crippen LogP contribution in [-0.4, -0.2) is 55.7 Å². The molecule has 0 unspecified atom stereocenters. The van der Waals surface area contributed by atoms with Gasteiger partial charge in [0, 0.05) is 38.3 Å². The Bertz CT molecular complexity index is 616. The zero-order chi connectivity index (χ0) is 19.5. The van der Waals surface area contributed by atoms with E-state index in [-0.39, 0.29) is 29.9 Å². The number of benzene rings is 1. The summed E-state index contributed by atoms with van der Waals surface area (Å²) in [7, 11) is 0. The summed E-state index contributed by atoms with van der Waals surface area (Å²) in [5.41, 5.74) is 1.73. The SMILES string of the molecule is CCCNC(=O)c1cccc(CN=C(NCC)N2CCC(OCC)CC2)c1.I. The molecule has 1 heterocycles. The van der Waals surface area contributed by atoms with Crippen LogP contribution in [0, 0.1) is 0 Å². The van der Waals surface area contributed by atoms with E-state index in [9.17, 15) is 4.79 Å². The average molecular weight is 502 g/mol. The fourth-order valence-electron chi connectivity index (χ4n) is 3.21. The lowest BCUT2D eigenvalue weighted by Crippen LogP contribution is -2.47. The van der Waals surface area contributed by atoms with Crippen LogP contribution in [0.5, 0.6) is 0 Å². The molecule has 0 bridgehead atoms. The van der Waals surface area contributed by atoms with Gasteiger partial charge in [0.15, 0.2) is 5.96 Å². The van der Waals surface area contributed by atoms with Gasteiger partial charge in [-0.2, -0.15) is 0 Å². The number of rotatable bonds is 8. The van der Waals surface area contributed by atoms with Gasteiger partial charge in [0.1, 0.15) is 0 Å². The summed E-state index contributed by atoms with van der Waals surface area (Å²) < 4.78 is 5.74. The minimum atomic E-state index is -0.0208. The Morgan fingerprint density at radius 3 is 2.61 bits per heavy atom. The minimum Gasteiger partial charge on any atom is -0.378 e. The normalized spacial score (nSPS) is 15.1. The Labute approximate surface area is 186 Å². The van der Waals surface area contributed by atoms with Gasteiger partial charge in [-0.3, -0.25) is 4.79 Å². The Balaban J connectivity index is 0.00000392. The molecular formula is C21H35IN4O2. The fourth-order valence-corrected chi connectivity index (χ4v) is 3.21. The first-order valence-electron chi connectivity index (χ1n) is 10.2. The van der Waals surface area contributed by atoms with E-state index >= 15 is 0 Å². The standard InChI is InChI=1S/C21H34N4O2.HI/c1-4-12-23-20(26)18-9-7-8-17(15-18)16-24-21(22-5-2)25-13-10-19(11-14-25)27-6-3;/h7-9,15,19H,4-6,10-14,16H2,1-3H3,(H,22,24)(H,23,26);1H. The van der Waals surface area contributed by atoms with Gasteiger partial charge in [-0.25, -0.2) is 4.99 Å². The van der Waals surface area contributed by atoms with Gasteiger partial charge >= 0.3 is 0 Å². The zero-order valence-electron chi connectivity index (χ0n) is 17.4. The lowest BCUT2D eigenvalue weighted by molar-refractivity contribution is 0.0263. The van der Waals surface area contributed by atoms with Crippen molar-refractivity contribution in [2.24, 2.45) is 4.99 Å². The molecule has 0 aliphatic carbocycles. The van der Waals surface area contributed by atoms with Gasteiger partial charge in [-0.15, -0.1) is 24.0 Å². The van der Waals surface area contributed by atoms with Crippen LogP contribution >= 0.6 is 24.0 Å². The Morgan fingerprint density at radius 1 is 1.21 bits per heavy atom. The highest BCUT2D eigenvalue weighted by Crippen LogP contribution is 2.14. The van der Waals surface area contributed by atoms with E-state index in [4.69, 9.17) is 9.73 Å². The van der Waals surface area contributed by atoms with E-state index in [1.165, 1.54) is 0 Å². The van der Waals surface area contributed by atoms with Crippen molar-refractivity contribution < 1.29 is 9.53 Å². The number of hydrogen-bond donors (Lipinski definition) is 2. The molecule has 0 aromatic heterocycles. The number of guanidine groups is 1. The van der Waals surface area contributed by atoms with Crippen LogP contribution in [0.25, 0.3) is 0 Å². The monoisotopic (exact) mass is 502 g/mol. The van der Waals surface area contributed by atoms with Crippen molar-refractivity contribution in [1.29, 1.82) is 0 Å². The molecule has 1 aromatic rings. The molecular weight excluding hydrogens is 467 g/mol. The maximum absolute atomic E-state index is 12.1. The van der Waals surface area contributed by atoms with Gasteiger partial charge in [0.2, 0.25) is 0 Å². The second-order valence-corrected chi connectivity index (χ2v) is 6.77. The first-order valence-corrected chi connectivity index (χ1v) is 10.2. The van der Waals surface area contributed by atoms with Crippen LogP contribution < -0.4 is 10.6 Å². The highest BCUT2D eigenvalue weighted by Gasteiger charge is 2.21. The molecule has 0 atom stereocenters. The number of hydrogen-bond acceptors (Lipinski definition) is 3. The van der Waals surface area contributed by atoms with Crippen molar-refractivity contribution in [3.8, 4) is 0 Å². The smallest absolute Gasteiger partial charge is 0.251 e. The number of halogens is 1. The number of aliphatic imine (C=N–C) groups is 1. The largest absolute Gasteiger partial charge is 0.378 e. The number of piperidine rings is 1. The van der Waals surface area contributed by atoms with Gasteiger partial charge in [-0.05, 0) is 50.8 Å². The average Bonchev–Trinajstić information content (AvgIpc) is 2.70. The van der Waals surface area contributed by atoms with Crippen molar-refractivity contribution in [2.75, 3.05) is 32.8 Å². The number of ether oxygens (including phenoxy) is 1. The molecule has 1 aliphatic rings. The van der Waals surface area contributed by atoms with Crippen LogP contribution in [0.2, 0.25) is 0 Å². The first kappa shape index (κ1) is 24.7. The van der Waals surface area contributed by atoms with E-state index < -0.39 is 0 Å². The van der Waals surface area contributed by atoms with E-state index in [0.29, 0.717) is 24.8 Å². The maximum atomic E-state index is 12.1. The number of carbonyl (C=O) groups excluding carboxylic acids is 1. The summed E-state index contributed by atoms with van der Waals surface area (Å²) in [6.45, 7) is 11.0. The van der Waals surface area contributed by atoms with Crippen molar-refractivity contribution in [3.05, 3.63) is 35.4 Å². The molecule has 1 saturated heterocycles. The zero-order valence-corrected chi connectivity index (χ0v) is 19.7. The van der Waals surface area contributed by atoms with Crippen LogP contribution in [-0.2, 0) is 11.3 Å². The quantitative estimate of drug-likeness (QED) is 0.325. The van der Waals surface area contributed by atoms with E-state index in [1.54, 1.807) is 0 Å². The lowest BCUT2D eigenvalue weighted by atomic mass is 10.1. The van der Waals surface area contributed by atoms with Crippen molar-refractivity contribution >= 4 is 35.8 Å². The molecule has 2 N–H and O–H groups in total. The van der Waals surface area contributed by atoms with Crippen LogP contribution in [0.4, 0.5) is 0 Å². The molecule has 0 radical (unpaired) electrons. The Hall–Kier alpha value is -1.35. The van der Waals surface area contributed by atoms with Gasteiger partial charge < -0.3 is 20.3 Å². The number of nitrogens with one attached hydrogen (secondary N) is 2. The summed E-state index contributed by atoms with van der Waals surface area (Å²) in [6.07, 6.45) is 3.37. The van der Waals surface area contributed by atoms with Crippen molar-refractivity contribution in [3.63, 3.8) is 0 Å². The fraction of sp³-hybridized carbons (Fsp3) is 0.619. The van der Waals surface area contributed by atoms with Gasteiger partial charge in [0.05, 0.1) is 12.6 Å². The molecule has 7 heteroatoms. The number of carbonyl (C=O) groups is 1. The number of nitrogens with zero attached hydrogens (tertiary/aromatic N) is 2. The summed E-state index contributed by atoms with van der Waals surface area (Å²) >= 11 is 0. The summed E-state index contributed by atoms with van der Waals surface area (Å²) in [4.78, 5) is 19.3. The van der Waals surface area contributed by atoms with Gasteiger partial charge in [-0.1, -0.05) is 19.1 Å². The summed E-state index contributed by atoms with van der Waals surface area (Å²) in [5, 5.41) is 6.31. The molecule has 1 aromatic carbocycles. The first-order chi connectivity index (χ1) is 13.2. The molecule has 0 saturated carbocycles.